The van der Waals surface area contributed by atoms with Crippen molar-refractivity contribution >= 4 is 17.6 Å². The molecule has 0 heterocycles. The van der Waals surface area contributed by atoms with E-state index in [1.165, 1.54) is 0 Å². The van der Waals surface area contributed by atoms with Crippen LogP contribution in [0.15, 0.2) is 4.99 Å². The molecular weight excluding hydrogens is 132 g/mol. The number of hydrogen-bond acceptors (Lipinski definition) is 2. The van der Waals surface area contributed by atoms with Crippen LogP contribution in [0.2, 0.25) is 0 Å². The van der Waals surface area contributed by atoms with Crippen LogP contribution >= 0.6 is 11.8 Å². The molecule has 0 aliphatic heterocycles. The molecule has 0 amide bonds. The fourth-order valence-corrected chi connectivity index (χ4v) is 0.571. The lowest BCUT2D eigenvalue weighted by atomic mass is 10.5. The smallest absolute Gasteiger partial charge is 0.0906 e. The third-order valence-corrected chi connectivity index (χ3v) is 1.95. The van der Waals surface area contributed by atoms with Crippen LogP contribution in [0.1, 0.15) is 13.8 Å². The molecule has 54 valence electrons. The third kappa shape index (κ3) is 5.69. The van der Waals surface area contributed by atoms with Crippen LogP contribution in [-0.4, -0.2) is 23.9 Å². The van der Waals surface area contributed by atoms with E-state index in [1.54, 1.807) is 11.8 Å². The lowest BCUT2D eigenvalue weighted by Gasteiger charge is -2.02. The standard InChI is InChI=1S/C6H14N2S/c1-5(9-3)4-8-6(2)7/h5H,4H2,1-3H3,(H2,7,8). The second kappa shape index (κ2) is 4.68. The van der Waals surface area contributed by atoms with Crippen LogP contribution in [0.3, 0.4) is 0 Å². The van der Waals surface area contributed by atoms with Crippen LogP contribution in [-0.2, 0) is 0 Å². The highest BCUT2D eigenvalue weighted by atomic mass is 32.2. The molecule has 3 heteroatoms. The topological polar surface area (TPSA) is 38.4 Å². The summed E-state index contributed by atoms with van der Waals surface area (Å²) in [6.45, 7) is 4.79. The molecule has 0 radical (unpaired) electrons. The highest BCUT2D eigenvalue weighted by Crippen LogP contribution is 2.03. The first-order valence-electron chi connectivity index (χ1n) is 2.96. The Morgan fingerprint density at radius 3 is 2.67 bits per heavy atom. The fourth-order valence-electron chi connectivity index (χ4n) is 0.347. The minimum atomic E-state index is 0.587. The molecule has 0 aromatic carbocycles. The molecule has 0 aliphatic carbocycles. The molecule has 0 aliphatic rings. The van der Waals surface area contributed by atoms with Crippen LogP contribution in [0.5, 0.6) is 0 Å². The van der Waals surface area contributed by atoms with E-state index >= 15 is 0 Å². The van der Waals surface area contributed by atoms with Gasteiger partial charge in [-0.15, -0.1) is 0 Å². The first-order valence-corrected chi connectivity index (χ1v) is 4.25. The Bertz CT molecular complexity index is 97.2. The number of amidine groups is 1. The van der Waals surface area contributed by atoms with Crippen molar-refractivity contribution in [1.82, 2.24) is 0 Å². The molecule has 2 N–H and O–H groups in total. The van der Waals surface area contributed by atoms with Gasteiger partial charge in [-0.25, -0.2) is 0 Å². The number of rotatable bonds is 3. The van der Waals surface area contributed by atoms with E-state index in [2.05, 4.69) is 18.2 Å². The van der Waals surface area contributed by atoms with Crippen molar-refractivity contribution in [3.05, 3.63) is 0 Å². The summed E-state index contributed by atoms with van der Waals surface area (Å²) in [7, 11) is 0. The first kappa shape index (κ1) is 8.82. The predicted molar refractivity (Wildman–Crippen MR) is 45.1 cm³/mol. The molecule has 1 atom stereocenters. The largest absolute Gasteiger partial charge is 0.388 e. The van der Waals surface area contributed by atoms with E-state index < -0.39 is 0 Å². The molecular formula is C6H14N2S. The van der Waals surface area contributed by atoms with Crippen LogP contribution in [0, 0.1) is 0 Å². The normalized spacial score (nSPS) is 15.7. The predicted octanol–water partition coefficient (Wildman–Crippen LogP) is 1.11. The van der Waals surface area contributed by atoms with Gasteiger partial charge in [0.25, 0.3) is 0 Å². The summed E-state index contributed by atoms with van der Waals surface area (Å²) in [6, 6.07) is 0. The van der Waals surface area contributed by atoms with Gasteiger partial charge < -0.3 is 5.73 Å². The Morgan fingerprint density at radius 1 is 1.78 bits per heavy atom. The first-order chi connectivity index (χ1) is 4.16. The van der Waals surface area contributed by atoms with Crippen molar-refractivity contribution in [1.29, 1.82) is 0 Å². The van der Waals surface area contributed by atoms with E-state index in [1.807, 2.05) is 6.92 Å². The summed E-state index contributed by atoms with van der Waals surface area (Å²) in [5, 5.41) is 0.587. The third-order valence-electron chi connectivity index (χ3n) is 1.00. The summed E-state index contributed by atoms with van der Waals surface area (Å²) in [4.78, 5) is 4.07. The van der Waals surface area contributed by atoms with Crippen LogP contribution in [0.25, 0.3) is 0 Å². The fraction of sp³-hybridized carbons (Fsp3) is 0.833. The van der Waals surface area contributed by atoms with Gasteiger partial charge in [-0.2, -0.15) is 11.8 Å². The number of aliphatic imine (C=N–C) groups is 1. The summed E-state index contributed by atoms with van der Waals surface area (Å²) in [6.07, 6.45) is 2.08. The Morgan fingerprint density at radius 2 is 2.33 bits per heavy atom. The monoisotopic (exact) mass is 146 g/mol. The molecule has 0 spiro atoms. The molecule has 0 rings (SSSR count). The minimum absolute atomic E-state index is 0.587. The summed E-state index contributed by atoms with van der Waals surface area (Å²) < 4.78 is 0. The number of nitrogens with zero attached hydrogens (tertiary/aromatic N) is 1. The van der Waals surface area contributed by atoms with E-state index in [0.717, 1.165) is 6.54 Å². The summed E-state index contributed by atoms with van der Waals surface area (Å²) >= 11 is 1.80. The van der Waals surface area contributed by atoms with Crippen molar-refractivity contribution < 1.29 is 0 Å². The van der Waals surface area contributed by atoms with Crippen molar-refractivity contribution in [2.45, 2.75) is 19.1 Å². The van der Waals surface area contributed by atoms with Gasteiger partial charge in [-0.3, -0.25) is 4.99 Å². The van der Waals surface area contributed by atoms with Gasteiger partial charge in [-0.05, 0) is 13.2 Å². The molecule has 9 heavy (non-hydrogen) atoms. The van der Waals surface area contributed by atoms with Crippen molar-refractivity contribution in [2.75, 3.05) is 12.8 Å². The average Bonchev–Trinajstić information content (AvgIpc) is 1.83. The van der Waals surface area contributed by atoms with Gasteiger partial charge in [0, 0.05) is 5.25 Å². The van der Waals surface area contributed by atoms with Crippen molar-refractivity contribution in [3.8, 4) is 0 Å². The lowest BCUT2D eigenvalue weighted by molar-refractivity contribution is 0.951. The molecule has 0 aromatic rings. The second-order valence-corrected chi connectivity index (χ2v) is 3.30. The zero-order valence-electron chi connectivity index (χ0n) is 6.22. The maximum absolute atomic E-state index is 5.34. The van der Waals surface area contributed by atoms with Gasteiger partial charge >= 0.3 is 0 Å². The van der Waals surface area contributed by atoms with Crippen LogP contribution in [0.4, 0.5) is 0 Å². The zero-order valence-corrected chi connectivity index (χ0v) is 7.03. The molecule has 0 fully saturated rings. The number of thioether (sulfide) groups is 1. The van der Waals surface area contributed by atoms with E-state index in [4.69, 9.17) is 5.73 Å². The molecule has 0 saturated carbocycles. The summed E-state index contributed by atoms with van der Waals surface area (Å²) in [5.41, 5.74) is 5.34. The zero-order chi connectivity index (χ0) is 7.28. The van der Waals surface area contributed by atoms with E-state index in [-0.39, 0.29) is 0 Å². The number of hydrogen-bond donors (Lipinski definition) is 1. The number of nitrogens with two attached hydrogens (primary N) is 1. The minimum Gasteiger partial charge on any atom is -0.388 e. The highest BCUT2D eigenvalue weighted by Gasteiger charge is 1.94. The Kier molecular flexibility index (Phi) is 4.58. The average molecular weight is 146 g/mol. The Labute approximate surface area is 60.9 Å². The Balaban J connectivity index is 3.37. The molecule has 0 bridgehead atoms. The van der Waals surface area contributed by atoms with Crippen molar-refractivity contribution in [3.63, 3.8) is 0 Å². The summed E-state index contributed by atoms with van der Waals surface area (Å²) in [5.74, 6) is 0.677. The molecule has 0 aromatic heterocycles. The lowest BCUT2D eigenvalue weighted by Crippen LogP contribution is -2.09. The van der Waals surface area contributed by atoms with Gasteiger partial charge in [0.05, 0.1) is 12.4 Å². The maximum Gasteiger partial charge on any atom is 0.0906 e. The van der Waals surface area contributed by atoms with Crippen molar-refractivity contribution in [2.24, 2.45) is 10.7 Å². The highest BCUT2D eigenvalue weighted by molar-refractivity contribution is 7.99. The van der Waals surface area contributed by atoms with Gasteiger partial charge in [0.1, 0.15) is 0 Å². The Hall–Kier alpha value is -0.180. The maximum atomic E-state index is 5.34. The van der Waals surface area contributed by atoms with Gasteiger partial charge in [0.2, 0.25) is 0 Å². The van der Waals surface area contributed by atoms with Crippen LogP contribution < -0.4 is 5.73 Å². The SMILES string of the molecule is CSC(C)CN=C(C)N. The second-order valence-electron chi connectivity index (χ2n) is 2.03. The van der Waals surface area contributed by atoms with Gasteiger partial charge in [0.15, 0.2) is 0 Å². The molecule has 2 nitrogen and oxygen atoms in total. The quantitative estimate of drug-likeness (QED) is 0.478. The molecule has 0 saturated heterocycles. The molecule has 1 unspecified atom stereocenters. The van der Waals surface area contributed by atoms with Gasteiger partial charge in [-0.1, -0.05) is 6.92 Å². The van der Waals surface area contributed by atoms with E-state index in [9.17, 15) is 0 Å². The van der Waals surface area contributed by atoms with E-state index in [0.29, 0.717) is 11.1 Å².